The van der Waals surface area contributed by atoms with E-state index in [0.29, 0.717) is 17.5 Å². The minimum atomic E-state index is -0.125. The molecule has 0 spiro atoms. The van der Waals surface area contributed by atoms with E-state index in [-0.39, 0.29) is 5.41 Å². The Labute approximate surface area is 300 Å². The number of fused-ring (bicyclic) bond motifs is 12. The molecule has 244 valence electrons. The maximum Gasteiger partial charge on any atom is 0.164 e. The topological polar surface area (TPSA) is 51.8 Å². The molecule has 52 heavy (non-hydrogen) atoms. The van der Waals surface area contributed by atoms with Gasteiger partial charge in [-0.25, -0.2) is 15.0 Å². The lowest BCUT2D eigenvalue weighted by molar-refractivity contribution is 0.666. The molecule has 4 nitrogen and oxygen atoms in total. The van der Waals surface area contributed by atoms with E-state index in [2.05, 4.69) is 105 Å². The van der Waals surface area contributed by atoms with Crippen molar-refractivity contribution < 1.29 is 4.42 Å². The molecule has 0 unspecified atom stereocenters. The van der Waals surface area contributed by atoms with Crippen LogP contribution in [0, 0.1) is 0 Å². The van der Waals surface area contributed by atoms with Crippen molar-refractivity contribution >= 4 is 54.3 Å². The minimum Gasteiger partial charge on any atom is -0.456 e. The van der Waals surface area contributed by atoms with Crippen LogP contribution in [0.15, 0.2) is 156 Å². The summed E-state index contributed by atoms with van der Waals surface area (Å²) in [5, 5.41) is 9.54. The molecule has 0 fully saturated rings. The van der Waals surface area contributed by atoms with Gasteiger partial charge in [-0.1, -0.05) is 147 Å². The highest BCUT2D eigenvalue weighted by atomic mass is 16.3. The Morgan fingerprint density at radius 1 is 0.423 bits per heavy atom. The van der Waals surface area contributed by atoms with Crippen LogP contribution in [0.4, 0.5) is 0 Å². The number of hydrogen-bond donors (Lipinski definition) is 0. The lowest BCUT2D eigenvalue weighted by Crippen LogP contribution is -2.15. The van der Waals surface area contributed by atoms with Crippen molar-refractivity contribution in [1.82, 2.24) is 15.0 Å². The maximum atomic E-state index is 6.25. The summed E-state index contributed by atoms with van der Waals surface area (Å²) in [6.07, 6.45) is 0. The van der Waals surface area contributed by atoms with Gasteiger partial charge in [0.05, 0.1) is 0 Å². The van der Waals surface area contributed by atoms with Crippen LogP contribution in [0.2, 0.25) is 0 Å². The third-order valence-corrected chi connectivity index (χ3v) is 11.1. The fourth-order valence-corrected chi connectivity index (χ4v) is 8.68. The van der Waals surface area contributed by atoms with Gasteiger partial charge in [-0.2, -0.15) is 0 Å². The number of nitrogens with zero attached hydrogens (tertiary/aromatic N) is 3. The number of aromatic nitrogens is 3. The lowest BCUT2D eigenvalue weighted by atomic mass is 9.79. The monoisotopic (exact) mass is 665 g/mol. The number of benzene rings is 8. The van der Waals surface area contributed by atoms with E-state index in [4.69, 9.17) is 19.4 Å². The van der Waals surface area contributed by atoms with Crippen LogP contribution in [0.1, 0.15) is 25.0 Å². The average Bonchev–Trinajstić information content (AvgIpc) is 3.69. The highest BCUT2D eigenvalue weighted by molar-refractivity contribution is 6.23. The number of rotatable bonds is 3. The predicted molar refractivity (Wildman–Crippen MR) is 213 cm³/mol. The van der Waals surface area contributed by atoms with Crippen molar-refractivity contribution in [2.75, 3.05) is 0 Å². The van der Waals surface area contributed by atoms with Gasteiger partial charge in [-0.05, 0) is 72.8 Å². The Kier molecular flexibility index (Phi) is 5.98. The molecule has 0 N–H and O–H groups in total. The van der Waals surface area contributed by atoms with Gasteiger partial charge in [0.2, 0.25) is 0 Å². The summed E-state index contributed by atoms with van der Waals surface area (Å²) in [7, 11) is 0. The first-order valence-electron chi connectivity index (χ1n) is 17.8. The zero-order valence-corrected chi connectivity index (χ0v) is 28.7. The first kappa shape index (κ1) is 29.1. The molecule has 10 aromatic rings. The largest absolute Gasteiger partial charge is 0.456 e. The zero-order chi connectivity index (χ0) is 34.6. The highest BCUT2D eigenvalue weighted by Gasteiger charge is 2.37. The Morgan fingerprint density at radius 2 is 1.08 bits per heavy atom. The summed E-state index contributed by atoms with van der Waals surface area (Å²) in [5.74, 6) is 1.88. The van der Waals surface area contributed by atoms with Crippen LogP contribution in [-0.2, 0) is 5.41 Å². The molecule has 2 aromatic heterocycles. The molecule has 11 rings (SSSR count). The van der Waals surface area contributed by atoms with Gasteiger partial charge in [-0.3, -0.25) is 0 Å². The van der Waals surface area contributed by atoms with Crippen molar-refractivity contribution in [3.8, 4) is 45.3 Å². The van der Waals surface area contributed by atoms with E-state index in [1.54, 1.807) is 0 Å². The number of para-hydroxylation sites is 1. The smallest absolute Gasteiger partial charge is 0.164 e. The van der Waals surface area contributed by atoms with Gasteiger partial charge in [0.25, 0.3) is 0 Å². The molecule has 0 bridgehead atoms. The molecule has 0 aliphatic heterocycles. The van der Waals surface area contributed by atoms with Crippen molar-refractivity contribution in [3.05, 3.63) is 163 Å². The van der Waals surface area contributed by atoms with Crippen molar-refractivity contribution in [3.63, 3.8) is 0 Å². The fraction of sp³-hybridized carbons (Fsp3) is 0.0625. The van der Waals surface area contributed by atoms with Gasteiger partial charge < -0.3 is 4.42 Å². The van der Waals surface area contributed by atoms with Gasteiger partial charge >= 0.3 is 0 Å². The van der Waals surface area contributed by atoms with E-state index in [1.807, 2.05) is 60.7 Å². The van der Waals surface area contributed by atoms with Crippen LogP contribution in [0.25, 0.3) is 99.5 Å². The molecule has 0 amide bonds. The minimum absolute atomic E-state index is 0.125. The standard InChI is InChI=1S/C48H31N3O/c1-48(2)38-16-8-6-13-34(38)35-26-23-29-20-19-28-21-22-31-27-32(24-25-33(31)41(28)42(29)44(35)48)46-49-45(30-11-4-3-5-12-30)50-47(51-46)37-15-10-18-40-43(37)36-14-7-9-17-39(36)52-40/h3-27H,1-2H3. The molecule has 0 atom stereocenters. The van der Waals surface area contributed by atoms with E-state index in [9.17, 15) is 0 Å². The second-order valence-electron chi connectivity index (χ2n) is 14.4. The molecule has 0 radical (unpaired) electrons. The summed E-state index contributed by atoms with van der Waals surface area (Å²) < 4.78 is 6.25. The SMILES string of the molecule is CC1(C)c2ccccc2-c2ccc3ccc4ccc5cc(-c6nc(-c7ccccc7)nc(-c7cccc8oc9ccccc9c78)n6)ccc5c4c3c21. The molecule has 0 saturated heterocycles. The Balaban J connectivity index is 1.15. The van der Waals surface area contributed by atoms with Crippen LogP contribution < -0.4 is 0 Å². The summed E-state index contributed by atoms with van der Waals surface area (Å²) in [6, 6.07) is 53.6. The van der Waals surface area contributed by atoms with E-state index >= 15 is 0 Å². The average molecular weight is 666 g/mol. The summed E-state index contributed by atoms with van der Waals surface area (Å²) in [5.41, 5.74) is 9.78. The Bertz CT molecular complexity index is 3100. The van der Waals surface area contributed by atoms with Crippen LogP contribution >= 0.6 is 0 Å². The lowest BCUT2D eigenvalue weighted by Gasteiger charge is -2.24. The van der Waals surface area contributed by atoms with Crippen LogP contribution in [0.5, 0.6) is 0 Å². The molecule has 8 aromatic carbocycles. The highest BCUT2D eigenvalue weighted by Crippen LogP contribution is 2.53. The van der Waals surface area contributed by atoms with Crippen molar-refractivity contribution in [1.29, 1.82) is 0 Å². The van der Waals surface area contributed by atoms with Gasteiger partial charge in [0, 0.05) is 32.9 Å². The molecule has 2 heterocycles. The molecular formula is C48H31N3O. The van der Waals surface area contributed by atoms with E-state index in [1.165, 1.54) is 49.2 Å². The first-order valence-corrected chi connectivity index (χ1v) is 17.8. The fourth-order valence-electron chi connectivity index (χ4n) is 8.68. The third-order valence-electron chi connectivity index (χ3n) is 11.1. The van der Waals surface area contributed by atoms with E-state index in [0.717, 1.165) is 44.0 Å². The Hall–Kier alpha value is -6.65. The van der Waals surface area contributed by atoms with Crippen molar-refractivity contribution in [2.24, 2.45) is 0 Å². The van der Waals surface area contributed by atoms with Crippen LogP contribution in [0.3, 0.4) is 0 Å². The van der Waals surface area contributed by atoms with Gasteiger partial charge in [-0.15, -0.1) is 0 Å². The summed E-state index contributed by atoms with van der Waals surface area (Å²) in [4.78, 5) is 15.3. The zero-order valence-electron chi connectivity index (χ0n) is 28.7. The molecule has 1 aliphatic rings. The van der Waals surface area contributed by atoms with Crippen molar-refractivity contribution in [2.45, 2.75) is 19.3 Å². The molecule has 1 aliphatic carbocycles. The third kappa shape index (κ3) is 4.12. The molecule has 4 heteroatoms. The normalized spacial score (nSPS) is 13.3. The van der Waals surface area contributed by atoms with Gasteiger partial charge in [0.1, 0.15) is 11.2 Å². The summed E-state index contributed by atoms with van der Waals surface area (Å²) >= 11 is 0. The van der Waals surface area contributed by atoms with Crippen LogP contribution in [-0.4, -0.2) is 15.0 Å². The second-order valence-corrected chi connectivity index (χ2v) is 14.4. The first-order chi connectivity index (χ1) is 25.5. The quantitative estimate of drug-likeness (QED) is 0.176. The molecule has 0 saturated carbocycles. The summed E-state index contributed by atoms with van der Waals surface area (Å²) in [6.45, 7) is 4.74. The van der Waals surface area contributed by atoms with Gasteiger partial charge in [0.15, 0.2) is 17.5 Å². The predicted octanol–water partition coefficient (Wildman–Crippen LogP) is 12.5. The number of hydrogen-bond acceptors (Lipinski definition) is 4. The number of furan rings is 1. The van der Waals surface area contributed by atoms with E-state index < -0.39 is 0 Å². The second kappa shape index (κ2) is 10.7. The molecular weight excluding hydrogens is 635 g/mol. The Morgan fingerprint density at radius 3 is 1.94 bits per heavy atom. The maximum absolute atomic E-state index is 6.25.